The Morgan fingerprint density at radius 2 is 1.91 bits per heavy atom. The van der Waals surface area contributed by atoms with Gasteiger partial charge >= 0.3 is 0 Å². The fraction of sp³-hybridized carbons (Fsp3) is 0.250. The summed E-state index contributed by atoms with van der Waals surface area (Å²) in [5.74, 6) is -0.991. The summed E-state index contributed by atoms with van der Waals surface area (Å²) in [6.07, 6.45) is 0.475. The van der Waals surface area contributed by atoms with Crippen LogP contribution in [0.4, 0.5) is 14.5 Å². The average Bonchev–Trinajstić information content (AvgIpc) is 1.97. The molecule has 0 aliphatic heterocycles. The normalized spacial score (nSPS) is 10.1. The molecular weight excluding hydrogens is 148 g/mol. The van der Waals surface area contributed by atoms with Gasteiger partial charge in [0.05, 0.1) is 5.69 Å². The fourth-order valence-electron chi connectivity index (χ4n) is 0.874. The number of benzene rings is 1. The maximum Gasteiger partial charge on any atom is 0.146 e. The van der Waals surface area contributed by atoms with Crippen molar-refractivity contribution in [2.75, 3.05) is 5.73 Å². The number of nitrogen functional groups attached to an aromatic ring is 1. The van der Waals surface area contributed by atoms with E-state index in [1.165, 1.54) is 0 Å². The van der Waals surface area contributed by atoms with Gasteiger partial charge in [-0.15, -0.1) is 0 Å². The SMILES string of the molecule is CCc1cc(F)c(N)cc1F. The zero-order valence-corrected chi connectivity index (χ0v) is 6.20. The van der Waals surface area contributed by atoms with Crippen LogP contribution in [0.15, 0.2) is 12.1 Å². The summed E-state index contributed by atoms with van der Waals surface area (Å²) < 4.78 is 25.4. The van der Waals surface area contributed by atoms with E-state index < -0.39 is 11.6 Å². The van der Waals surface area contributed by atoms with E-state index in [-0.39, 0.29) is 5.69 Å². The Morgan fingerprint density at radius 1 is 1.27 bits per heavy atom. The number of hydrogen-bond acceptors (Lipinski definition) is 1. The van der Waals surface area contributed by atoms with Crippen molar-refractivity contribution in [3.05, 3.63) is 29.3 Å². The first kappa shape index (κ1) is 7.98. The predicted octanol–water partition coefficient (Wildman–Crippen LogP) is 2.11. The van der Waals surface area contributed by atoms with Crippen molar-refractivity contribution < 1.29 is 8.78 Å². The first-order chi connectivity index (χ1) is 5.15. The summed E-state index contributed by atoms with van der Waals surface area (Å²) in [5.41, 5.74) is 5.35. The van der Waals surface area contributed by atoms with Crippen LogP contribution in [0.25, 0.3) is 0 Å². The zero-order chi connectivity index (χ0) is 8.43. The van der Waals surface area contributed by atoms with Gasteiger partial charge in [-0.2, -0.15) is 0 Å². The van der Waals surface area contributed by atoms with Gasteiger partial charge in [-0.05, 0) is 18.1 Å². The summed E-state index contributed by atoms with van der Waals surface area (Å²) >= 11 is 0. The number of anilines is 1. The minimum Gasteiger partial charge on any atom is -0.396 e. The van der Waals surface area contributed by atoms with Gasteiger partial charge in [-0.25, -0.2) is 8.78 Å². The van der Waals surface area contributed by atoms with Gasteiger partial charge in [0.15, 0.2) is 0 Å². The van der Waals surface area contributed by atoms with Crippen LogP contribution in [0.3, 0.4) is 0 Å². The molecule has 0 aliphatic rings. The van der Waals surface area contributed by atoms with Crippen LogP contribution in [-0.4, -0.2) is 0 Å². The van der Waals surface area contributed by atoms with Crippen molar-refractivity contribution in [2.45, 2.75) is 13.3 Å². The Kier molecular flexibility index (Phi) is 2.08. The quantitative estimate of drug-likeness (QED) is 0.621. The Morgan fingerprint density at radius 3 is 2.45 bits per heavy atom. The number of halogens is 2. The number of nitrogens with two attached hydrogens (primary N) is 1. The second-order valence-electron chi connectivity index (χ2n) is 2.32. The standard InChI is InChI=1S/C8H9F2N/c1-2-5-3-7(10)8(11)4-6(5)9/h3-4H,2,11H2,1H3. The van der Waals surface area contributed by atoms with Crippen LogP contribution in [-0.2, 0) is 6.42 Å². The van der Waals surface area contributed by atoms with E-state index in [0.717, 1.165) is 12.1 Å². The maximum atomic E-state index is 12.8. The van der Waals surface area contributed by atoms with Gasteiger partial charge in [0.2, 0.25) is 0 Å². The van der Waals surface area contributed by atoms with Gasteiger partial charge in [0.1, 0.15) is 11.6 Å². The Bertz CT molecular complexity index is 271. The van der Waals surface area contributed by atoms with Crippen molar-refractivity contribution in [2.24, 2.45) is 0 Å². The highest BCUT2D eigenvalue weighted by atomic mass is 19.1. The topological polar surface area (TPSA) is 26.0 Å². The predicted molar refractivity (Wildman–Crippen MR) is 40.1 cm³/mol. The third-order valence-electron chi connectivity index (χ3n) is 1.55. The van der Waals surface area contributed by atoms with E-state index in [1.807, 2.05) is 0 Å². The Labute approximate surface area is 63.8 Å². The lowest BCUT2D eigenvalue weighted by Crippen LogP contribution is -1.95. The molecular formula is C8H9F2N. The molecule has 0 bridgehead atoms. The van der Waals surface area contributed by atoms with Crippen LogP contribution in [0, 0.1) is 11.6 Å². The lowest BCUT2D eigenvalue weighted by Gasteiger charge is -2.01. The minimum atomic E-state index is -0.553. The summed E-state index contributed by atoms with van der Waals surface area (Å²) in [7, 11) is 0. The lowest BCUT2D eigenvalue weighted by atomic mass is 10.1. The molecule has 0 aromatic heterocycles. The monoisotopic (exact) mass is 157 g/mol. The average molecular weight is 157 g/mol. The second kappa shape index (κ2) is 2.86. The summed E-state index contributed by atoms with van der Waals surface area (Å²) in [6.45, 7) is 1.76. The Balaban J connectivity index is 3.21. The van der Waals surface area contributed by atoms with Gasteiger partial charge in [0, 0.05) is 6.07 Å². The molecule has 1 aromatic carbocycles. The van der Waals surface area contributed by atoms with E-state index in [2.05, 4.69) is 0 Å². The van der Waals surface area contributed by atoms with Crippen molar-refractivity contribution >= 4 is 5.69 Å². The molecule has 0 radical (unpaired) electrons. The summed E-state index contributed by atoms with van der Waals surface area (Å²) in [4.78, 5) is 0. The fourth-order valence-corrected chi connectivity index (χ4v) is 0.874. The molecule has 2 N–H and O–H groups in total. The van der Waals surface area contributed by atoms with E-state index >= 15 is 0 Å². The Hall–Kier alpha value is -1.12. The molecule has 0 aliphatic carbocycles. The molecule has 0 atom stereocenters. The number of rotatable bonds is 1. The zero-order valence-electron chi connectivity index (χ0n) is 6.20. The van der Waals surface area contributed by atoms with Crippen molar-refractivity contribution in [3.8, 4) is 0 Å². The molecule has 0 saturated heterocycles. The molecule has 0 saturated carbocycles. The van der Waals surface area contributed by atoms with E-state index in [9.17, 15) is 8.78 Å². The lowest BCUT2D eigenvalue weighted by molar-refractivity contribution is 0.590. The highest BCUT2D eigenvalue weighted by molar-refractivity contribution is 5.42. The molecule has 1 nitrogen and oxygen atoms in total. The van der Waals surface area contributed by atoms with Crippen molar-refractivity contribution in [1.29, 1.82) is 0 Å². The molecule has 60 valence electrons. The van der Waals surface area contributed by atoms with Crippen LogP contribution in [0.5, 0.6) is 0 Å². The number of aryl methyl sites for hydroxylation is 1. The van der Waals surface area contributed by atoms with E-state index in [1.54, 1.807) is 6.92 Å². The van der Waals surface area contributed by atoms with Gasteiger partial charge in [0.25, 0.3) is 0 Å². The minimum absolute atomic E-state index is 0.139. The highest BCUT2D eigenvalue weighted by Crippen LogP contribution is 2.16. The highest BCUT2D eigenvalue weighted by Gasteiger charge is 2.04. The van der Waals surface area contributed by atoms with Crippen molar-refractivity contribution in [1.82, 2.24) is 0 Å². The smallest absolute Gasteiger partial charge is 0.146 e. The third kappa shape index (κ3) is 1.48. The van der Waals surface area contributed by atoms with Crippen LogP contribution >= 0.6 is 0 Å². The maximum absolute atomic E-state index is 12.8. The second-order valence-corrected chi connectivity index (χ2v) is 2.32. The summed E-state index contributed by atoms with van der Waals surface area (Å²) in [5, 5.41) is 0. The van der Waals surface area contributed by atoms with E-state index in [4.69, 9.17) is 5.73 Å². The van der Waals surface area contributed by atoms with E-state index in [0.29, 0.717) is 12.0 Å². The molecule has 0 heterocycles. The molecule has 0 spiro atoms. The molecule has 0 unspecified atom stereocenters. The first-order valence-electron chi connectivity index (χ1n) is 3.38. The molecule has 1 rings (SSSR count). The molecule has 3 heteroatoms. The molecule has 0 fully saturated rings. The molecule has 1 aromatic rings. The molecule has 0 amide bonds. The van der Waals surface area contributed by atoms with Crippen LogP contribution in [0.2, 0.25) is 0 Å². The van der Waals surface area contributed by atoms with Crippen LogP contribution < -0.4 is 5.73 Å². The van der Waals surface area contributed by atoms with Gasteiger partial charge < -0.3 is 5.73 Å². The summed E-state index contributed by atoms with van der Waals surface area (Å²) in [6, 6.07) is 2.14. The first-order valence-corrected chi connectivity index (χ1v) is 3.38. The van der Waals surface area contributed by atoms with Gasteiger partial charge in [-0.1, -0.05) is 6.92 Å². The largest absolute Gasteiger partial charge is 0.396 e. The van der Waals surface area contributed by atoms with Crippen molar-refractivity contribution in [3.63, 3.8) is 0 Å². The third-order valence-corrected chi connectivity index (χ3v) is 1.55. The molecule has 11 heavy (non-hydrogen) atoms. The van der Waals surface area contributed by atoms with Crippen LogP contribution in [0.1, 0.15) is 12.5 Å². The van der Waals surface area contributed by atoms with Gasteiger partial charge in [-0.3, -0.25) is 0 Å². The number of hydrogen-bond donors (Lipinski definition) is 1.